The number of hydrogen-bond acceptors (Lipinski definition) is 4. The molecule has 3 unspecified atom stereocenters. The summed E-state index contributed by atoms with van der Waals surface area (Å²) in [6, 6.07) is 7.15. The summed E-state index contributed by atoms with van der Waals surface area (Å²) in [5, 5.41) is 2.57. The Labute approximate surface area is 186 Å². The molecule has 10 heteroatoms. The summed E-state index contributed by atoms with van der Waals surface area (Å²) in [4.78, 5) is 39.7. The highest BCUT2D eigenvalue weighted by molar-refractivity contribution is 5.99. The summed E-state index contributed by atoms with van der Waals surface area (Å²) in [6.45, 7) is 0.190. The normalized spacial score (nSPS) is 21.1. The molecular weight excluding hydrogens is 444 g/mol. The Bertz CT molecular complexity index is 1050. The first-order valence-corrected chi connectivity index (χ1v) is 10.3. The van der Waals surface area contributed by atoms with Crippen molar-refractivity contribution in [2.24, 2.45) is 0 Å². The minimum atomic E-state index is -4.54. The number of likely N-dealkylation sites (tertiary alicyclic amines) is 1. The molecule has 2 heterocycles. The van der Waals surface area contributed by atoms with Crippen LogP contribution in [0.15, 0.2) is 48.5 Å². The van der Waals surface area contributed by atoms with Crippen molar-refractivity contribution in [3.63, 3.8) is 0 Å². The summed E-state index contributed by atoms with van der Waals surface area (Å²) < 4.78 is 57.1. The number of carbonyl (C=O) groups is 3. The maximum absolute atomic E-state index is 13.3. The zero-order valence-corrected chi connectivity index (χ0v) is 17.3. The third kappa shape index (κ3) is 4.90. The second kappa shape index (κ2) is 8.93. The molecule has 0 spiro atoms. The Hall–Kier alpha value is -3.27. The first-order valence-electron chi connectivity index (χ1n) is 10.3. The predicted octanol–water partition coefficient (Wildman–Crippen LogP) is 2.75. The van der Waals surface area contributed by atoms with Crippen molar-refractivity contribution in [2.45, 2.75) is 37.2 Å². The molecule has 2 amide bonds. The number of fused-ring (bicyclic) bond motifs is 1. The fraction of sp³-hybridized carbons (Fsp3) is 0.348. The third-order valence-corrected chi connectivity index (χ3v) is 5.83. The van der Waals surface area contributed by atoms with E-state index in [-0.39, 0.29) is 30.9 Å². The van der Waals surface area contributed by atoms with E-state index in [1.165, 1.54) is 29.2 Å². The fourth-order valence-electron chi connectivity index (χ4n) is 4.15. The van der Waals surface area contributed by atoms with E-state index in [0.29, 0.717) is 12.0 Å². The molecule has 174 valence electrons. The number of Topliss-reactive ketones (excluding diaryl/α,β-unsaturated/α-hetero) is 1. The lowest BCUT2D eigenvalue weighted by atomic mass is 10.0. The number of carbonyl (C=O) groups excluding carboxylic acids is 3. The lowest BCUT2D eigenvalue weighted by Crippen LogP contribution is -2.53. The monoisotopic (exact) mass is 464 g/mol. The molecule has 0 bridgehead atoms. The van der Waals surface area contributed by atoms with Crippen LogP contribution in [0.2, 0.25) is 0 Å². The maximum atomic E-state index is 13.3. The van der Waals surface area contributed by atoms with E-state index >= 15 is 0 Å². The Kier molecular flexibility index (Phi) is 6.20. The van der Waals surface area contributed by atoms with Crippen LogP contribution in [0.3, 0.4) is 0 Å². The molecular formula is C23H20F4N2O4. The number of ether oxygens (including phenoxy) is 1. The highest BCUT2D eigenvalue weighted by Gasteiger charge is 2.48. The van der Waals surface area contributed by atoms with Crippen molar-refractivity contribution in [1.82, 2.24) is 10.2 Å². The molecule has 0 radical (unpaired) electrons. The van der Waals surface area contributed by atoms with Crippen molar-refractivity contribution in [2.75, 3.05) is 13.2 Å². The van der Waals surface area contributed by atoms with Crippen LogP contribution in [-0.2, 0) is 26.9 Å². The van der Waals surface area contributed by atoms with Gasteiger partial charge in [-0.3, -0.25) is 14.4 Å². The Morgan fingerprint density at radius 3 is 2.39 bits per heavy atom. The SMILES string of the molecule is O=C(NC(Cc1ccc(F)cc1)C(=O)N1CCC2OCC(=O)C21)c1ccc(C(F)(F)F)cc1. The molecule has 3 atom stereocenters. The number of benzene rings is 2. The van der Waals surface area contributed by atoms with Crippen molar-refractivity contribution in [3.8, 4) is 0 Å². The van der Waals surface area contributed by atoms with E-state index in [2.05, 4.69) is 5.32 Å². The molecule has 33 heavy (non-hydrogen) atoms. The smallest absolute Gasteiger partial charge is 0.368 e. The van der Waals surface area contributed by atoms with E-state index in [4.69, 9.17) is 4.74 Å². The molecule has 4 rings (SSSR count). The van der Waals surface area contributed by atoms with Gasteiger partial charge in [0.25, 0.3) is 5.91 Å². The summed E-state index contributed by atoms with van der Waals surface area (Å²) in [5.41, 5.74) is -0.396. The Morgan fingerprint density at radius 1 is 1.09 bits per heavy atom. The molecule has 1 N–H and O–H groups in total. The quantitative estimate of drug-likeness (QED) is 0.691. The molecule has 0 saturated carbocycles. The van der Waals surface area contributed by atoms with Gasteiger partial charge in [-0.1, -0.05) is 12.1 Å². The average Bonchev–Trinajstić information content (AvgIpc) is 3.37. The van der Waals surface area contributed by atoms with Crippen LogP contribution in [0.1, 0.15) is 27.9 Å². The van der Waals surface area contributed by atoms with Gasteiger partial charge in [0.1, 0.15) is 24.5 Å². The molecule has 2 fully saturated rings. The van der Waals surface area contributed by atoms with Crippen LogP contribution < -0.4 is 5.32 Å². The van der Waals surface area contributed by atoms with Crippen LogP contribution in [0.5, 0.6) is 0 Å². The standard InChI is InChI=1S/C23H20F4N2O4/c24-16-7-1-13(2-8-16)11-17(22(32)29-10-9-19-20(29)18(30)12-33-19)28-21(31)14-3-5-15(6-4-14)23(25,26)27/h1-8,17,19-20H,9-12H2,(H,28,31). The third-order valence-electron chi connectivity index (χ3n) is 5.83. The summed E-state index contributed by atoms with van der Waals surface area (Å²) in [6.07, 6.45) is -4.44. The van der Waals surface area contributed by atoms with Gasteiger partial charge in [-0.05, 0) is 48.4 Å². The second-order valence-corrected chi connectivity index (χ2v) is 8.01. The van der Waals surface area contributed by atoms with Gasteiger partial charge in [0.05, 0.1) is 11.7 Å². The molecule has 0 aliphatic carbocycles. The van der Waals surface area contributed by atoms with Crippen LogP contribution in [-0.4, -0.2) is 53.8 Å². The van der Waals surface area contributed by atoms with E-state index < -0.39 is 47.6 Å². The zero-order valence-electron chi connectivity index (χ0n) is 17.3. The number of halogens is 4. The summed E-state index contributed by atoms with van der Waals surface area (Å²) in [5.74, 6) is -1.94. The van der Waals surface area contributed by atoms with Gasteiger partial charge >= 0.3 is 6.18 Å². The van der Waals surface area contributed by atoms with E-state index in [1.54, 1.807) is 0 Å². The van der Waals surface area contributed by atoms with Crippen molar-refractivity contribution >= 4 is 17.6 Å². The second-order valence-electron chi connectivity index (χ2n) is 8.01. The van der Waals surface area contributed by atoms with Crippen molar-refractivity contribution in [1.29, 1.82) is 0 Å². The Morgan fingerprint density at radius 2 is 1.76 bits per heavy atom. The average molecular weight is 464 g/mol. The number of amides is 2. The first-order chi connectivity index (χ1) is 15.6. The van der Waals surface area contributed by atoms with Gasteiger partial charge < -0.3 is 15.0 Å². The highest BCUT2D eigenvalue weighted by Crippen LogP contribution is 2.30. The summed E-state index contributed by atoms with van der Waals surface area (Å²) >= 11 is 0. The largest absolute Gasteiger partial charge is 0.416 e. The fourth-order valence-corrected chi connectivity index (χ4v) is 4.15. The molecule has 2 aromatic rings. The predicted molar refractivity (Wildman–Crippen MR) is 108 cm³/mol. The minimum absolute atomic E-state index is 0.00836. The van der Waals surface area contributed by atoms with Crippen LogP contribution >= 0.6 is 0 Å². The van der Waals surface area contributed by atoms with E-state index in [9.17, 15) is 31.9 Å². The number of ketones is 1. The van der Waals surface area contributed by atoms with Crippen molar-refractivity contribution in [3.05, 3.63) is 71.0 Å². The lowest BCUT2D eigenvalue weighted by Gasteiger charge is -2.27. The molecule has 0 aromatic heterocycles. The molecule has 6 nitrogen and oxygen atoms in total. The van der Waals surface area contributed by atoms with Gasteiger partial charge in [0.15, 0.2) is 5.78 Å². The number of hydrogen-bond donors (Lipinski definition) is 1. The molecule has 2 aliphatic rings. The van der Waals surface area contributed by atoms with E-state index in [0.717, 1.165) is 24.3 Å². The number of alkyl halides is 3. The minimum Gasteiger partial charge on any atom is -0.368 e. The topological polar surface area (TPSA) is 75.7 Å². The number of rotatable bonds is 5. The molecule has 2 aromatic carbocycles. The lowest BCUT2D eigenvalue weighted by molar-refractivity contribution is -0.138. The van der Waals surface area contributed by atoms with E-state index in [1.807, 2.05) is 0 Å². The Balaban J connectivity index is 1.56. The van der Waals surface area contributed by atoms with Gasteiger partial charge in [-0.2, -0.15) is 13.2 Å². The number of nitrogens with one attached hydrogen (secondary N) is 1. The van der Waals surface area contributed by atoms with Gasteiger partial charge in [-0.15, -0.1) is 0 Å². The van der Waals surface area contributed by atoms with Gasteiger partial charge in [0, 0.05) is 18.5 Å². The molecule has 2 saturated heterocycles. The zero-order chi connectivity index (χ0) is 23.8. The van der Waals surface area contributed by atoms with Gasteiger partial charge in [-0.25, -0.2) is 4.39 Å². The van der Waals surface area contributed by atoms with Crippen LogP contribution in [0, 0.1) is 5.82 Å². The molecule has 2 aliphatic heterocycles. The van der Waals surface area contributed by atoms with Crippen LogP contribution in [0.25, 0.3) is 0 Å². The van der Waals surface area contributed by atoms with Crippen molar-refractivity contribution < 1.29 is 36.7 Å². The number of nitrogens with zero attached hydrogens (tertiary/aromatic N) is 1. The summed E-state index contributed by atoms with van der Waals surface area (Å²) in [7, 11) is 0. The highest BCUT2D eigenvalue weighted by atomic mass is 19.4. The van der Waals surface area contributed by atoms with Crippen LogP contribution in [0.4, 0.5) is 17.6 Å². The van der Waals surface area contributed by atoms with Gasteiger partial charge in [0.2, 0.25) is 5.91 Å². The first kappa shape index (κ1) is 22.9. The maximum Gasteiger partial charge on any atom is 0.416 e.